The van der Waals surface area contributed by atoms with Crippen LogP contribution < -0.4 is 0 Å². The molecular weight excluding hydrogens is 102 g/mol. The Kier molecular flexibility index (Phi) is 1.44. The maximum absolute atomic E-state index is 8.93. The number of hydrogen-bond acceptors (Lipinski definition) is 2. The summed E-state index contributed by atoms with van der Waals surface area (Å²) >= 11 is 0. The van der Waals surface area contributed by atoms with Gasteiger partial charge in [0, 0.05) is 12.1 Å². The van der Waals surface area contributed by atoms with Crippen LogP contribution in [-0.4, -0.2) is 17.5 Å². The van der Waals surface area contributed by atoms with Gasteiger partial charge in [-0.05, 0) is 6.08 Å². The standard InChI is InChI=1S/C6H9NO/c1-5-3-2-4-7-6(5)8/h2-6,8H,1H3. The van der Waals surface area contributed by atoms with Crippen LogP contribution in [0.2, 0.25) is 0 Å². The molecule has 0 spiro atoms. The van der Waals surface area contributed by atoms with Gasteiger partial charge in [0.15, 0.2) is 6.23 Å². The molecule has 0 aromatic rings. The Labute approximate surface area is 48.6 Å². The average molecular weight is 111 g/mol. The van der Waals surface area contributed by atoms with Gasteiger partial charge in [-0.1, -0.05) is 13.0 Å². The molecule has 0 saturated heterocycles. The van der Waals surface area contributed by atoms with E-state index in [0.717, 1.165) is 0 Å². The van der Waals surface area contributed by atoms with Crippen LogP contribution in [0.5, 0.6) is 0 Å². The topological polar surface area (TPSA) is 32.6 Å². The van der Waals surface area contributed by atoms with Gasteiger partial charge in [0.2, 0.25) is 0 Å². The van der Waals surface area contributed by atoms with Crippen molar-refractivity contribution < 1.29 is 5.11 Å². The van der Waals surface area contributed by atoms with E-state index in [9.17, 15) is 0 Å². The normalized spacial score (nSPS) is 35.8. The molecule has 0 radical (unpaired) electrons. The maximum Gasteiger partial charge on any atom is 0.151 e. The third-order valence-corrected chi connectivity index (χ3v) is 1.21. The third-order valence-electron chi connectivity index (χ3n) is 1.21. The fraction of sp³-hybridized carbons (Fsp3) is 0.500. The third kappa shape index (κ3) is 0.954. The fourth-order valence-corrected chi connectivity index (χ4v) is 0.598. The fourth-order valence-electron chi connectivity index (χ4n) is 0.598. The summed E-state index contributed by atoms with van der Waals surface area (Å²) in [4.78, 5) is 3.75. The van der Waals surface area contributed by atoms with Crippen molar-refractivity contribution in [3.8, 4) is 0 Å². The Morgan fingerprint density at radius 1 is 1.62 bits per heavy atom. The number of aliphatic imine (C=N–C) groups is 1. The Bertz CT molecular complexity index is 112. The van der Waals surface area contributed by atoms with Crippen LogP contribution in [0.25, 0.3) is 0 Å². The Balaban J connectivity index is 2.59. The Hall–Kier alpha value is -0.630. The first kappa shape index (κ1) is 5.51. The van der Waals surface area contributed by atoms with E-state index in [1.807, 2.05) is 19.1 Å². The molecule has 2 nitrogen and oxygen atoms in total. The molecule has 2 heteroatoms. The maximum atomic E-state index is 8.93. The van der Waals surface area contributed by atoms with Gasteiger partial charge >= 0.3 is 0 Å². The van der Waals surface area contributed by atoms with Gasteiger partial charge in [0.1, 0.15) is 0 Å². The smallest absolute Gasteiger partial charge is 0.151 e. The quantitative estimate of drug-likeness (QED) is 0.487. The average Bonchev–Trinajstić information content (AvgIpc) is 1.77. The van der Waals surface area contributed by atoms with E-state index in [2.05, 4.69) is 4.99 Å². The van der Waals surface area contributed by atoms with Crippen molar-refractivity contribution >= 4 is 6.21 Å². The van der Waals surface area contributed by atoms with Crippen LogP contribution in [0.3, 0.4) is 0 Å². The summed E-state index contributed by atoms with van der Waals surface area (Å²) in [5, 5.41) is 8.93. The molecule has 8 heavy (non-hydrogen) atoms. The van der Waals surface area contributed by atoms with Crippen molar-refractivity contribution in [2.75, 3.05) is 0 Å². The largest absolute Gasteiger partial charge is 0.371 e. The van der Waals surface area contributed by atoms with Gasteiger partial charge in [-0.2, -0.15) is 0 Å². The molecule has 0 saturated carbocycles. The molecule has 0 fully saturated rings. The van der Waals surface area contributed by atoms with Crippen LogP contribution >= 0.6 is 0 Å². The zero-order valence-corrected chi connectivity index (χ0v) is 4.78. The van der Waals surface area contributed by atoms with E-state index in [0.29, 0.717) is 0 Å². The van der Waals surface area contributed by atoms with Crippen molar-refractivity contribution in [3.63, 3.8) is 0 Å². The van der Waals surface area contributed by atoms with Gasteiger partial charge in [0.05, 0.1) is 0 Å². The number of aliphatic hydroxyl groups is 1. The Morgan fingerprint density at radius 2 is 2.38 bits per heavy atom. The number of hydrogen-bond donors (Lipinski definition) is 1. The highest BCUT2D eigenvalue weighted by Crippen LogP contribution is 2.07. The summed E-state index contributed by atoms with van der Waals surface area (Å²) in [6.07, 6.45) is 4.87. The number of nitrogens with zero attached hydrogens (tertiary/aromatic N) is 1. The lowest BCUT2D eigenvalue weighted by molar-refractivity contribution is 0.146. The van der Waals surface area contributed by atoms with Gasteiger partial charge in [0.25, 0.3) is 0 Å². The molecule has 0 amide bonds. The highest BCUT2D eigenvalue weighted by Gasteiger charge is 2.09. The van der Waals surface area contributed by atoms with Gasteiger partial charge in [-0.25, -0.2) is 0 Å². The van der Waals surface area contributed by atoms with Crippen molar-refractivity contribution in [1.29, 1.82) is 0 Å². The second-order valence-electron chi connectivity index (χ2n) is 1.96. The van der Waals surface area contributed by atoms with Gasteiger partial charge in [-0.3, -0.25) is 4.99 Å². The summed E-state index contributed by atoms with van der Waals surface area (Å²) in [5.41, 5.74) is 0. The summed E-state index contributed by atoms with van der Waals surface area (Å²) in [7, 11) is 0. The van der Waals surface area contributed by atoms with Gasteiger partial charge < -0.3 is 5.11 Å². The predicted octanol–water partition coefficient (Wildman–Crippen LogP) is 0.581. The second kappa shape index (κ2) is 2.09. The molecule has 1 heterocycles. The number of rotatable bonds is 0. The van der Waals surface area contributed by atoms with Crippen molar-refractivity contribution in [2.45, 2.75) is 13.2 Å². The predicted molar refractivity (Wildman–Crippen MR) is 32.8 cm³/mol. The molecule has 2 unspecified atom stereocenters. The van der Waals surface area contributed by atoms with Crippen LogP contribution in [0.4, 0.5) is 0 Å². The molecule has 1 aliphatic rings. The lowest BCUT2D eigenvalue weighted by atomic mass is 10.1. The molecular formula is C6H9NO. The summed E-state index contributed by atoms with van der Waals surface area (Å²) in [5.74, 6) is 0.181. The van der Waals surface area contributed by atoms with Crippen LogP contribution in [0.1, 0.15) is 6.92 Å². The van der Waals surface area contributed by atoms with Crippen LogP contribution in [-0.2, 0) is 0 Å². The summed E-state index contributed by atoms with van der Waals surface area (Å²) in [6.45, 7) is 1.93. The first-order valence-electron chi connectivity index (χ1n) is 2.69. The minimum atomic E-state index is -0.514. The van der Waals surface area contributed by atoms with E-state index < -0.39 is 6.23 Å². The summed E-state index contributed by atoms with van der Waals surface area (Å²) in [6, 6.07) is 0. The molecule has 1 aliphatic heterocycles. The van der Waals surface area contributed by atoms with E-state index in [4.69, 9.17) is 5.11 Å². The van der Waals surface area contributed by atoms with E-state index in [-0.39, 0.29) is 5.92 Å². The van der Waals surface area contributed by atoms with Gasteiger partial charge in [-0.15, -0.1) is 0 Å². The molecule has 44 valence electrons. The molecule has 0 aliphatic carbocycles. The zero-order valence-electron chi connectivity index (χ0n) is 4.78. The molecule has 2 atom stereocenters. The molecule has 0 aromatic carbocycles. The SMILES string of the molecule is CC1C=CC=NC1O. The van der Waals surface area contributed by atoms with Crippen LogP contribution in [0, 0.1) is 5.92 Å². The van der Waals surface area contributed by atoms with Crippen LogP contribution in [0.15, 0.2) is 17.1 Å². The second-order valence-corrected chi connectivity index (χ2v) is 1.96. The van der Waals surface area contributed by atoms with Crippen molar-refractivity contribution in [3.05, 3.63) is 12.2 Å². The monoisotopic (exact) mass is 111 g/mol. The molecule has 0 bridgehead atoms. The lowest BCUT2D eigenvalue weighted by Gasteiger charge is -2.11. The lowest BCUT2D eigenvalue weighted by Crippen LogP contribution is -2.14. The minimum Gasteiger partial charge on any atom is -0.371 e. The number of allylic oxidation sites excluding steroid dienone is 1. The molecule has 0 aromatic heterocycles. The van der Waals surface area contributed by atoms with E-state index >= 15 is 0 Å². The number of dihydropyridines is 1. The van der Waals surface area contributed by atoms with E-state index in [1.165, 1.54) is 0 Å². The Morgan fingerprint density at radius 3 is 2.75 bits per heavy atom. The molecule has 1 N–H and O–H groups in total. The first-order chi connectivity index (χ1) is 3.80. The minimum absolute atomic E-state index is 0.181. The highest BCUT2D eigenvalue weighted by molar-refractivity contribution is 5.72. The molecule has 1 rings (SSSR count). The number of aliphatic hydroxyl groups excluding tert-OH is 1. The zero-order chi connectivity index (χ0) is 5.98. The first-order valence-corrected chi connectivity index (χ1v) is 2.69. The summed E-state index contributed by atoms with van der Waals surface area (Å²) < 4.78 is 0. The highest BCUT2D eigenvalue weighted by atomic mass is 16.3. The van der Waals surface area contributed by atoms with E-state index in [1.54, 1.807) is 6.21 Å². The van der Waals surface area contributed by atoms with Crippen molar-refractivity contribution in [2.24, 2.45) is 10.9 Å². The van der Waals surface area contributed by atoms with Crippen molar-refractivity contribution in [1.82, 2.24) is 0 Å².